The van der Waals surface area contributed by atoms with Gasteiger partial charge in [-0.1, -0.05) is 12.1 Å². The number of ether oxygens (including phenoxy) is 2. The summed E-state index contributed by atoms with van der Waals surface area (Å²) in [5, 5.41) is 0. The third-order valence-electron chi connectivity index (χ3n) is 6.65. The number of hydrogen-bond acceptors (Lipinski definition) is 5. The van der Waals surface area contributed by atoms with Crippen molar-refractivity contribution in [1.29, 1.82) is 0 Å². The standard InChI is InChI=1S/C30H27F3N2O5/c1-6-40-28(37)20-11-13-22(14-12-20)35-19(4)26(29(38)39-5)23(27(35)36)16-21-15-17(2)34(18(21)3)25-10-8-7-9-24(25)30(31,32)33/h7-16H,6H2,1-5H3/b23-16-. The first-order valence-corrected chi connectivity index (χ1v) is 12.4. The Morgan fingerprint density at radius 3 is 2.23 bits per heavy atom. The molecule has 0 saturated heterocycles. The van der Waals surface area contributed by atoms with Gasteiger partial charge in [0.2, 0.25) is 0 Å². The van der Waals surface area contributed by atoms with Crippen molar-refractivity contribution in [3.63, 3.8) is 0 Å². The number of amides is 1. The molecular weight excluding hydrogens is 525 g/mol. The van der Waals surface area contributed by atoms with Gasteiger partial charge in [-0.25, -0.2) is 9.59 Å². The fourth-order valence-electron chi connectivity index (χ4n) is 4.82. The molecule has 1 aliphatic heterocycles. The zero-order valence-corrected chi connectivity index (χ0v) is 22.6. The molecule has 0 bridgehead atoms. The average molecular weight is 553 g/mol. The predicted octanol–water partition coefficient (Wildman–Crippen LogP) is 6.17. The summed E-state index contributed by atoms with van der Waals surface area (Å²) < 4.78 is 52.7. The number of halogens is 3. The zero-order valence-electron chi connectivity index (χ0n) is 22.6. The summed E-state index contributed by atoms with van der Waals surface area (Å²) in [5.74, 6) is -1.77. The number of carbonyl (C=O) groups is 3. The Bertz CT molecular complexity index is 1560. The summed E-state index contributed by atoms with van der Waals surface area (Å²) in [5.41, 5.74) is 1.67. The van der Waals surface area contributed by atoms with Crippen LogP contribution in [0.5, 0.6) is 0 Å². The van der Waals surface area contributed by atoms with E-state index in [4.69, 9.17) is 9.47 Å². The summed E-state index contributed by atoms with van der Waals surface area (Å²) in [4.78, 5) is 39.9. The molecule has 0 atom stereocenters. The molecule has 4 rings (SSSR count). The van der Waals surface area contributed by atoms with Crippen LogP contribution in [0.3, 0.4) is 0 Å². The fraction of sp³-hybridized carbons (Fsp3) is 0.233. The molecule has 3 aromatic rings. The average Bonchev–Trinajstić information content (AvgIpc) is 3.33. The summed E-state index contributed by atoms with van der Waals surface area (Å²) in [6, 6.07) is 13.0. The van der Waals surface area contributed by atoms with Crippen molar-refractivity contribution in [2.24, 2.45) is 0 Å². The first-order chi connectivity index (χ1) is 18.9. The second-order valence-corrected chi connectivity index (χ2v) is 9.09. The summed E-state index contributed by atoms with van der Waals surface area (Å²) in [7, 11) is 1.20. The predicted molar refractivity (Wildman–Crippen MR) is 143 cm³/mol. The Kier molecular flexibility index (Phi) is 7.72. The zero-order chi connectivity index (χ0) is 29.4. The number of methoxy groups -OCH3 is 1. The Labute approximate surface area is 229 Å². The minimum Gasteiger partial charge on any atom is -0.465 e. The van der Waals surface area contributed by atoms with Gasteiger partial charge in [-0.05, 0) is 81.8 Å². The molecule has 0 spiro atoms. The van der Waals surface area contributed by atoms with E-state index in [2.05, 4.69) is 0 Å². The second kappa shape index (κ2) is 10.9. The number of allylic oxidation sites excluding steroid dienone is 1. The Balaban J connectivity index is 1.81. The van der Waals surface area contributed by atoms with E-state index in [1.807, 2.05) is 0 Å². The maximum Gasteiger partial charge on any atom is 0.418 e. The minimum atomic E-state index is -4.57. The topological polar surface area (TPSA) is 77.8 Å². The van der Waals surface area contributed by atoms with E-state index < -0.39 is 29.6 Å². The molecule has 2 heterocycles. The number of carbonyl (C=O) groups excluding carboxylic acids is 3. The third-order valence-corrected chi connectivity index (χ3v) is 6.65. The summed E-state index contributed by atoms with van der Waals surface area (Å²) in [6.07, 6.45) is -3.08. The Hall–Kier alpha value is -4.60. The maximum absolute atomic E-state index is 13.8. The largest absolute Gasteiger partial charge is 0.465 e. The molecule has 10 heteroatoms. The third kappa shape index (κ3) is 5.04. The number of benzene rings is 2. The number of esters is 2. The van der Waals surface area contributed by atoms with Crippen LogP contribution >= 0.6 is 0 Å². The van der Waals surface area contributed by atoms with Gasteiger partial charge in [-0.15, -0.1) is 0 Å². The Morgan fingerprint density at radius 1 is 0.975 bits per heavy atom. The van der Waals surface area contributed by atoms with Crippen LogP contribution in [0.2, 0.25) is 0 Å². The van der Waals surface area contributed by atoms with Gasteiger partial charge in [0.1, 0.15) is 0 Å². The molecule has 0 saturated carbocycles. The van der Waals surface area contributed by atoms with E-state index in [0.29, 0.717) is 33.9 Å². The summed E-state index contributed by atoms with van der Waals surface area (Å²) in [6.45, 7) is 6.81. The molecule has 0 unspecified atom stereocenters. The van der Waals surface area contributed by atoms with Crippen molar-refractivity contribution in [3.05, 3.63) is 99.5 Å². The van der Waals surface area contributed by atoms with E-state index >= 15 is 0 Å². The first-order valence-electron chi connectivity index (χ1n) is 12.4. The van der Waals surface area contributed by atoms with Gasteiger partial charge >= 0.3 is 18.1 Å². The van der Waals surface area contributed by atoms with Gasteiger partial charge in [-0.2, -0.15) is 13.2 Å². The van der Waals surface area contributed by atoms with Gasteiger partial charge in [0.05, 0.1) is 41.7 Å². The Morgan fingerprint density at radius 2 is 1.62 bits per heavy atom. The molecule has 0 radical (unpaired) electrons. The highest BCUT2D eigenvalue weighted by molar-refractivity contribution is 6.24. The fourth-order valence-corrected chi connectivity index (χ4v) is 4.82. The van der Waals surface area contributed by atoms with Crippen LogP contribution in [0.1, 0.15) is 46.7 Å². The summed E-state index contributed by atoms with van der Waals surface area (Å²) >= 11 is 0. The molecule has 1 amide bonds. The van der Waals surface area contributed by atoms with Gasteiger partial charge in [-0.3, -0.25) is 9.69 Å². The number of nitrogens with zero attached hydrogens (tertiary/aromatic N) is 2. The lowest BCUT2D eigenvalue weighted by molar-refractivity contribution is -0.137. The van der Waals surface area contributed by atoms with Crippen LogP contribution in [0.25, 0.3) is 11.8 Å². The lowest BCUT2D eigenvalue weighted by atomic mass is 10.0. The van der Waals surface area contributed by atoms with Crippen molar-refractivity contribution in [1.82, 2.24) is 4.57 Å². The minimum absolute atomic E-state index is 0.0301. The lowest BCUT2D eigenvalue weighted by Gasteiger charge is -2.18. The van der Waals surface area contributed by atoms with Gasteiger partial charge in [0.25, 0.3) is 5.91 Å². The number of alkyl halides is 3. The molecule has 1 aliphatic rings. The number of hydrogen-bond donors (Lipinski definition) is 0. The number of aromatic nitrogens is 1. The van der Waals surface area contributed by atoms with Crippen molar-refractivity contribution >= 4 is 29.6 Å². The lowest BCUT2D eigenvalue weighted by Crippen LogP contribution is -2.24. The molecule has 0 N–H and O–H groups in total. The van der Waals surface area contributed by atoms with Gasteiger partial charge in [0.15, 0.2) is 0 Å². The van der Waals surface area contributed by atoms with E-state index in [1.54, 1.807) is 45.9 Å². The highest BCUT2D eigenvalue weighted by atomic mass is 19.4. The van der Waals surface area contributed by atoms with Crippen LogP contribution in [-0.2, 0) is 25.2 Å². The van der Waals surface area contributed by atoms with Crippen molar-refractivity contribution in [3.8, 4) is 5.69 Å². The van der Waals surface area contributed by atoms with Crippen molar-refractivity contribution in [2.75, 3.05) is 18.6 Å². The molecule has 2 aromatic carbocycles. The molecule has 0 aliphatic carbocycles. The van der Waals surface area contributed by atoms with Crippen molar-refractivity contribution < 1.29 is 37.0 Å². The molecular formula is C30H27F3N2O5. The number of para-hydroxylation sites is 1. The van der Waals surface area contributed by atoms with Crippen LogP contribution < -0.4 is 4.90 Å². The van der Waals surface area contributed by atoms with Crippen LogP contribution in [0.4, 0.5) is 18.9 Å². The van der Waals surface area contributed by atoms with Crippen molar-refractivity contribution in [2.45, 2.75) is 33.9 Å². The number of rotatable bonds is 6. The number of aryl methyl sites for hydroxylation is 1. The SMILES string of the molecule is CCOC(=O)c1ccc(N2C(=O)/C(=C\c3cc(C)n(-c4ccccc4C(F)(F)F)c3C)C(C(=O)OC)=C2C)cc1. The van der Waals surface area contributed by atoms with Gasteiger partial charge < -0.3 is 14.0 Å². The van der Waals surface area contributed by atoms with Crippen LogP contribution in [-0.4, -0.2) is 36.1 Å². The molecule has 208 valence electrons. The van der Waals surface area contributed by atoms with Gasteiger partial charge in [0, 0.05) is 22.8 Å². The number of anilines is 1. The van der Waals surface area contributed by atoms with Crippen LogP contribution in [0.15, 0.2) is 71.4 Å². The molecule has 7 nitrogen and oxygen atoms in total. The molecule has 0 fully saturated rings. The van der Waals surface area contributed by atoms with E-state index in [0.717, 1.165) is 6.07 Å². The quantitative estimate of drug-likeness (QED) is 0.270. The van der Waals surface area contributed by atoms with Crippen LogP contribution in [0, 0.1) is 13.8 Å². The normalized spacial score (nSPS) is 14.8. The molecule has 40 heavy (non-hydrogen) atoms. The highest BCUT2D eigenvalue weighted by Crippen LogP contribution is 2.38. The highest BCUT2D eigenvalue weighted by Gasteiger charge is 2.38. The smallest absolute Gasteiger partial charge is 0.418 e. The second-order valence-electron chi connectivity index (χ2n) is 9.09. The monoisotopic (exact) mass is 552 g/mol. The van der Waals surface area contributed by atoms with E-state index in [1.165, 1.54) is 53.0 Å². The molecule has 1 aromatic heterocycles. The van der Waals surface area contributed by atoms with E-state index in [-0.39, 0.29) is 23.4 Å². The first kappa shape index (κ1) is 28.4. The maximum atomic E-state index is 13.8. The van der Waals surface area contributed by atoms with E-state index in [9.17, 15) is 27.6 Å².